The topological polar surface area (TPSA) is 69.7 Å². The minimum Gasteiger partial charge on any atom is -0.494 e. The van der Waals surface area contributed by atoms with Crippen LogP contribution in [0.4, 0.5) is 0 Å². The molecule has 1 saturated carbocycles. The predicted octanol–water partition coefficient (Wildman–Crippen LogP) is 3.18. The number of sulfone groups is 1. The SMILES string of the molecule is COC(=O)c1ccc(C2CCC(C)CC2)c(S(C)(=O)=O)c1OC. The lowest BCUT2D eigenvalue weighted by atomic mass is 9.79. The van der Waals surface area contributed by atoms with Gasteiger partial charge in [0.05, 0.1) is 14.2 Å². The molecule has 0 spiro atoms. The van der Waals surface area contributed by atoms with Gasteiger partial charge in [-0.2, -0.15) is 0 Å². The molecule has 0 amide bonds. The highest BCUT2D eigenvalue weighted by molar-refractivity contribution is 7.90. The molecule has 0 bridgehead atoms. The molecular weight excluding hydrogens is 316 g/mol. The van der Waals surface area contributed by atoms with Gasteiger partial charge in [-0.05, 0) is 36.3 Å². The van der Waals surface area contributed by atoms with Crippen molar-refractivity contribution in [1.82, 2.24) is 0 Å². The van der Waals surface area contributed by atoms with E-state index in [0.29, 0.717) is 5.92 Å². The van der Waals surface area contributed by atoms with Crippen LogP contribution >= 0.6 is 0 Å². The third kappa shape index (κ3) is 3.68. The zero-order chi connectivity index (χ0) is 17.2. The van der Waals surface area contributed by atoms with Crippen LogP contribution in [0.3, 0.4) is 0 Å². The molecule has 0 aromatic heterocycles. The molecule has 1 aliphatic carbocycles. The molecule has 128 valence electrons. The van der Waals surface area contributed by atoms with E-state index in [4.69, 9.17) is 9.47 Å². The van der Waals surface area contributed by atoms with Crippen molar-refractivity contribution in [3.05, 3.63) is 23.3 Å². The highest BCUT2D eigenvalue weighted by Gasteiger charge is 2.30. The molecular formula is C17H24O5S. The molecule has 2 rings (SSSR count). The van der Waals surface area contributed by atoms with Crippen molar-refractivity contribution in [3.63, 3.8) is 0 Å². The Bertz CT molecular complexity index is 685. The van der Waals surface area contributed by atoms with Crippen LogP contribution in [0.2, 0.25) is 0 Å². The Hall–Kier alpha value is -1.56. The first kappa shape index (κ1) is 17.8. The van der Waals surface area contributed by atoms with Gasteiger partial charge in [-0.3, -0.25) is 0 Å². The lowest BCUT2D eigenvalue weighted by Gasteiger charge is -2.28. The fourth-order valence-corrected chi connectivity index (χ4v) is 4.52. The molecule has 6 heteroatoms. The Morgan fingerprint density at radius 1 is 1.13 bits per heavy atom. The summed E-state index contributed by atoms with van der Waals surface area (Å²) < 4.78 is 34.8. The summed E-state index contributed by atoms with van der Waals surface area (Å²) in [6, 6.07) is 3.35. The summed E-state index contributed by atoms with van der Waals surface area (Å²) in [7, 11) is -0.896. The third-order valence-electron chi connectivity index (χ3n) is 4.58. The highest BCUT2D eigenvalue weighted by Crippen LogP contribution is 2.42. The van der Waals surface area contributed by atoms with E-state index >= 15 is 0 Å². The average molecular weight is 340 g/mol. The molecule has 0 saturated heterocycles. The molecule has 0 heterocycles. The molecule has 1 aromatic carbocycles. The Morgan fingerprint density at radius 3 is 2.22 bits per heavy atom. The first-order chi connectivity index (χ1) is 10.8. The normalized spacial score (nSPS) is 21.7. The van der Waals surface area contributed by atoms with Crippen molar-refractivity contribution in [3.8, 4) is 5.75 Å². The largest absolute Gasteiger partial charge is 0.494 e. The summed E-state index contributed by atoms with van der Waals surface area (Å²) in [5, 5.41) is 0. The van der Waals surface area contributed by atoms with Gasteiger partial charge in [-0.25, -0.2) is 13.2 Å². The molecule has 0 radical (unpaired) electrons. The molecule has 0 unspecified atom stereocenters. The molecule has 5 nitrogen and oxygen atoms in total. The van der Waals surface area contributed by atoms with Gasteiger partial charge in [0.15, 0.2) is 15.6 Å². The van der Waals surface area contributed by atoms with Gasteiger partial charge in [0, 0.05) is 6.26 Å². The Labute approximate surface area is 137 Å². The number of methoxy groups -OCH3 is 2. The lowest BCUT2D eigenvalue weighted by Crippen LogP contribution is -2.16. The number of ether oxygens (including phenoxy) is 2. The number of esters is 1. The second kappa shape index (κ2) is 6.91. The monoisotopic (exact) mass is 340 g/mol. The lowest BCUT2D eigenvalue weighted by molar-refractivity contribution is 0.0596. The van der Waals surface area contributed by atoms with Gasteiger partial charge in [0.25, 0.3) is 0 Å². The highest BCUT2D eigenvalue weighted by atomic mass is 32.2. The standard InChI is InChI=1S/C17H24O5S/c1-11-5-7-12(8-6-11)13-9-10-14(17(18)22-3)15(21-2)16(13)23(4,19)20/h9-12H,5-8H2,1-4H3. The smallest absolute Gasteiger partial charge is 0.341 e. The van der Waals surface area contributed by atoms with Gasteiger partial charge in [0.2, 0.25) is 0 Å². The summed E-state index contributed by atoms with van der Waals surface area (Å²) in [5.41, 5.74) is 0.896. The van der Waals surface area contributed by atoms with Gasteiger partial charge < -0.3 is 9.47 Å². The maximum Gasteiger partial charge on any atom is 0.341 e. The van der Waals surface area contributed by atoms with Crippen LogP contribution in [-0.2, 0) is 14.6 Å². The molecule has 23 heavy (non-hydrogen) atoms. The summed E-state index contributed by atoms with van der Waals surface area (Å²) in [6.07, 6.45) is 5.21. The average Bonchev–Trinajstić information content (AvgIpc) is 2.52. The van der Waals surface area contributed by atoms with Gasteiger partial charge in [-0.15, -0.1) is 0 Å². The molecule has 1 aromatic rings. The van der Waals surface area contributed by atoms with Crippen LogP contribution < -0.4 is 4.74 Å². The Balaban J connectivity index is 2.61. The number of hydrogen-bond acceptors (Lipinski definition) is 5. The quantitative estimate of drug-likeness (QED) is 0.787. The van der Waals surface area contributed by atoms with E-state index in [2.05, 4.69) is 6.92 Å². The number of hydrogen-bond donors (Lipinski definition) is 0. The Kier molecular flexibility index (Phi) is 5.34. The van der Waals surface area contributed by atoms with E-state index < -0.39 is 15.8 Å². The van der Waals surface area contributed by atoms with Crippen molar-refractivity contribution in [2.45, 2.75) is 43.4 Å². The van der Waals surface area contributed by atoms with E-state index in [1.807, 2.05) is 0 Å². The fraction of sp³-hybridized carbons (Fsp3) is 0.588. The maximum atomic E-state index is 12.4. The second-order valence-corrected chi connectivity index (χ2v) is 8.24. The second-order valence-electron chi connectivity index (χ2n) is 6.29. The van der Waals surface area contributed by atoms with Gasteiger partial charge >= 0.3 is 5.97 Å². The van der Waals surface area contributed by atoms with E-state index in [0.717, 1.165) is 37.5 Å². The summed E-state index contributed by atoms with van der Waals surface area (Å²) in [6.45, 7) is 2.22. The van der Waals surface area contributed by atoms with Gasteiger partial charge in [-0.1, -0.05) is 25.8 Å². The minimum absolute atomic E-state index is 0.0930. The minimum atomic E-state index is -3.54. The van der Waals surface area contributed by atoms with Crippen molar-refractivity contribution in [2.75, 3.05) is 20.5 Å². The van der Waals surface area contributed by atoms with Crippen LogP contribution in [0, 0.1) is 5.92 Å². The first-order valence-electron chi connectivity index (χ1n) is 7.78. The molecule has 0 aliphatic heterocycles. The first-order valence-corrected chi connectivity index (χ1v) is 9.68. The summed E-state index contributed by atoms with van der Waals surface area (Å²) in [4.78, 5) is 12.0. The van der Waals surface area contributed by atoms with Crippen LogP contribution in [0.25, 0.3) is 0 Å². The zero-order valence-corrected chi connectivity index (χ0v) is 14.9. The fourth-order valence-electron chi connectivity index (χ4n) is 3.33. The van der Waals surface area contributed by atoms with Crippen LogP contribution in [0.15, 0.2) is 17.0 Å². The molecule has 0 atom stereocenters. The predicted molar refractivity (Wildman–Crippen MR) is 87.8 cm³/mol. The van der Waals surface area contributed by atoms with Crippen molar-refractivity contribution in [1.29, 1.82) is 0 Å². The number of benzene rings is 1. The van der Waals surface area contributed by atoms with E-state index in [1.54, 1.807) is 12.1 Å². The van der Waals surface area contributed by atoms with Gasteiger partial charge in [0.1, 0.15) is 10.5 Å². The molecule has 0 N–H and O–H groups in total. The van der Waals surface area contributed by atoms with Crippen LogP contribution in [-0.4, -0.2) is 34.9 Å². The van der Waals surface area contributed by atoms with Crippen LogP contribution in [0.5, 0.6) is 5.75 Å². The Morgan fingerprint density at radius 2 is 1.74 bits per heavy atom. The van der Waals surface area contributed by atoms with E-state index in [9.17, 15) is 13.2 Å². The molecule has 1 aliphatic rings. The van der Waals surface area contributed by atoms with Crippen LogP contribution in [0.1, 0.15) is 54.4 Å². The van der Waals surface area contributed by atoms with Crippen molar-refractivity contribution in [2.24, 2.45) is 5.92 Å². The summed E-state index contributed by atoms with van der Waals surface area (Å²) >= 11 is 0. The number of carbonyl (C=O) groups is 1. The maximum absolute atomic E-state index is 12.4. The summed E-state index contributed by atoms with van der Waals surface area (Å²) in [5.74, 6) is 0.340. The third-order valence-corrected chi connectivity index (χ3v) is 5.74. The van der Waals surface area contributed by atoms with E-state index in [-0.39, 0.29) is 22.1 Å². The van der Waals surface area contributed by atoms with Crippen molar-refractivity contribution < 1.29 is 22.7 Å². The molecule has 1 fully saturated rings. The van der Waals surface area contributed by atoms with E-state index in [1.165, 1.54) is 14.2 Å². The zero-order valence-electron chi connectivity index (χ0n) is 14.1. The number of carbonyl (C=O) groups excluding carboxylic acids is 1. The number of rotatable bonds is 4. The van der Waals surface area contributed by atoms with Crippen molar-refractivity contribution >= 4 is 15.8 Å².